The van der Waals surface area contributed by atoms with Crippen LogP contribution in [-0.4, -0.2) is 105 Å². The summed E-state index contributed by atoms with van der Waals surface area (Å²) in [6.07, 6.45) is 0. The number of fused-ring (bicyclic) bond motifs is 2. The Labute approximate surface area is 351 Å². The largest absolute Gasteiger partial charge is 2.00 e. The van der Waals surface area contributed by atoms with Gasteiger partial charge in [-0.05, 0) is 38.1 Å². The van der Waals surface area contributed by atoms with Gasteiger partial charge in [0, 0.05) is 56.9 Å². The molecule has 0 unspecified atom stereocenters. The number of nitrogens with zero attached hydrogens (tertiary/aromatic N) is 6. The van der Waals surface area contributed by atoms with Crippen LogP contribution in [0.3, 0.4) is 0 Å². The molecule has 0 heterocycles. The van der Waals surface area contributed by atoms with Crippen molar-refractivity contribution < 1.29 is 56.4 Å². The fraction of sp³-hybridized carbons (Fsp3) is 0.0588. The molecule has 4 N–H and O–H groups in total. The van der Waals surface area contributed by atoms with E-state index in [-0.39, 0.29) is 103 Å². The number of hydrogen-bond acceptors (Lipinski definition) is 14. The first-order valence-corrected chi connectivity index (χ1v) is 18.0. The summed E-state index contributed by atoms with van der Waals surface area (Å²) in [4.78, 5) is 20.3. The molecule has 0 saturated carbocycles. The fourth-order valence-electron chi connectivity index (χ4n) is 5.30. The summed E-state index contributed by atoms with van der Waals surface area (Å²) >= 11 is 0. The molecule has 0 saturated heterocycles. The zero-order valence-corrected chi connectivity index (χ0v) is 34.6. The van der Waals surface area contributed by atoms with Crippen LogP contribution in [0.2, 0.25) is 0 Å². The van der Waals surface area contributed by atoms with Gasteiger partial charge in [0.15, 0.2) is 0 Å². The molecule has 21 heteroatoms. The third-order valence-electron chi connectivity index (χ3n) is 7.76. The molecule has 0 radical (unpaired) electrons. The average molecular weight is 912 g/mol. The average Bonchev–Trinajstić information content (AvgIpc) is 3.09. The second-order valence-corrected chi connectivity index (χ2v) is 14.1. The zero-order chi connectivity index (χ0) is 39.5. The molecule has 0 aliphatic rings. The minimum absolute atomic E-state index is 0. The zero-order valence-electron chi connectivity index (χ0n) is 28.5. The van der Waals surface area contributed by atoms with Crippen molar-refractivity contribution in [3.63, 3.8) is 0 Å². The molecule has 0 atom stereocenters. The Kier molecular flexibility index (Phi) is 13.2. The van der Waals surface area contributed by atoms with E-state index in [1.165, 1.54) is 60.7 Å². The van der Waals surface area contributed by atoms with Crippen LogP contribution in [0.1, 0.15) is 11.1 Å². The summed E-state index contributed by atoms with van der Waals surface area (Å²) in [6, 6.07) is 22.4. The van der Waals surface area contributed by atoms with Crippen molar-refractivity contribution in [3.05, 3.63) is 118 Å². The number of azo groups is 2. The monoisotopic (exact) mass is 912 g/mol. The van der Waals surface area contributed by atoms with Gasteiger partial charge < -0.3 is 19.3 Å². The first-order valence-electron chi connectivity index (χ1n) is 15.1. The number of rotatable bonds is 8. The van der Waals surface area contributed by atoms with Gasteiger partial charge in [0.2, 0.25) is 0 Å². The Bertz CT molecular complexity index is 2610. The number of aryl methyl sites for hydroxylation is 2. The molecule has 0 spiro atoms. The summed E-state index contributed by atoms with van der Waals surface area (Å²) in [6.45, 7) is 3.19. The van der Waals surface area contributed by atoms with Crippen LogP contribution in [0.25, 0.3) is 21.5 Å². The summed E-state index contributed by atoms with van der Waals surface area (Å²) < 4.78 is 68.7. The van der Waals surface area contributed by atoms with Crippen molar-refractivity contribution in [1.82, 2.24) is 0 Å². The van der Waals surface area contributed by atoms with Crippen LogP contribution in [0, 0.1) is 23.7 Å². The van der Waals surface area contributed by atoms with Crippen LogP contribution in [0.5, 0.6) is 11.5 Å². The SMILES string of the molecule is Cc1cc(N=Nc2c(O)cc(S(=O)(=O)[O-])c3ccccc23)ccc1[N+](=O)O.Cc1cc(N=Nc2c(O)cc(S(=O)(=O)[O-])c3ccccc23)ccc1[N+](=O)O.[Ba+2]. The predicted octanol–water partition coefficient (Wildman–Crippen LogP) is 7.57. The predicted molar refractivity (Wildman–Crippen MR) is 194 cm³/mol. The molecule has 55 heavy (non-hydrogen) atoms. The van der Waals surface area contributed by atoms with Gasteiger partial charge in [0.1, 0.15) is 43.1 Å². The minimum atomic E-state index is -4.79. The van der Waals surface area contributed by atoms with E-state index >= 15 is 0 Å². The molecule has 276 valence electrons. The van der Waals surface area contributed by atoms with Gasteiger partial charge in [-0.15, -0.1) is 10.2 Å². The molecule has 0 bridgehead atoms. The van der Waals surface area contributed by atoms with E-state index in [1.807, 2.05) is 0 Å². The van der Waals surface area contributed by atoms with Gasteiger partial charge in [0.25, 0.3) is 9.85 Å². The minimum Gasteiger partial charge on any atom is -0.744 e. The maximum absolute atomic E-state index is 11.4. The smallest absolute Gasteiger partial charge is 0.744 e. The van der Waals surface area contributed by atoms with E-state index in [4.69, 9.17) is 10.4 Å². The fourth-order valence-corrected chi connectivity index (χ4v) is 6.70. The molecule has 0 aliphatic carbocycles. The molecule has 0 aromatic heterocycles. The number of aromatic hydroxyl groups is 2. The molecular weight excluding hydrogens is 886 g/mol. The van der Waals surface area contributed by atoms with Crippen molar-refractivity contribution in [2.45, 2.75) is 23.6 Å². The molecule has 6 rings (SSSR count). The third-order valence-corrected chi connectivity index (χ3v) is 9.51. The van der Waals surface area contributed by atoms with Crippen LogP contribution in [-0.2, 0) is 20.2 Å². The van der Waals surface area contributed by atoms with Crippen LogP contribution in [0.15, 0.2) is 127 Å². The normalized spacial score (nSPS) is 11.7. The van der Waals surface area contributed by atoms with E-state index in [9.17, 15) is 46.0 Å². The molecular formula is C34H26BaN6O12S2+2. The van der Waals surface area contributed by atoms with Crippen molar-refractivity contribution in [2.24, 2.45) is 20.5 Å². The summed E-state index contributed by atoms with van der Waals surface area (Å²) in [5.74, 6) is -1.03. The number of phenolic OH excluding ortho intramolecular Hbond substituents is 2. The first-order chi connectivity index (χ1) is 25.4. The summed E-state index contributed by atoms with van der Waals surface area (Å²) in [5.41, 5.74) is 1.65. The summed E-state index contributed by atoms with van der Waals surface area (Å²) in [7, 11) is -9.59. The van der Waals surface area contributed by atoms with E-state index in [1.54, 1.807) is 38.1 Å². The van der Waals surface area contributed by atoms with Gasteiger partial charge in [0.05, 0.1) is 31.0 Å². The number of hydrogen-bond donors (Lipinski definition) is 4. The maximum atomic E-state index is 11.4. The van der Waals surface area contributed by atoms with Gasteiger partial charge in [-0.25, -0.2) is 27.3 Å². The second kappa shape index (κ2) is 17.1. The quantitative estimate of drug-likeness (QED) is 0.0498. The van der Waals surface area contributed by atoms with Crippen molar-refractivity contribution in [2.75, 3.05) is 0 Å². The van der Waals surface area contributed by atoms with E-state index in [0.29, 0.717) is 22.5 Å². The van der Waals surface area contributed by atoms with Crippen molar-refractivity contribution in [1.29, 1.82) is 0 Å². The van der Waals surface area contributed by atoms with Crippen molar-refractivity contribution >= 4 is 125 Å². The Morgan fingerprint density at radius 2 is 0.855 bits per heavy atom. The molecule has 0 fully saturated rings. The summed E-state index contributed by atoms with van der Waals surface area (Å²) in [5, 5.41) is 54.9. The third kappa shape index (κ3) is 9.75. The van der Waals surface area contributed by atoms with Crippen LogP contribution < -0.4 is 0 Å². The number of benzene rings is 6. The molecule has 6 aromatic carbocycles. The van der Waals surface area contributed by atoms with E-state index in [2.05, 4.69) is 20.5 Å². The van der Waals surface area contributed by atoms with Crippen molar-refractivity contribution in [3.8, 4) is 11.5 Å². The molecule has 0 aliphatic heterocycles. The molecule has 0 amide bonds. The van der Waals surface area contributed by atoms with E-state index in [0.717, 1.165) is 12.1 Å². The van der Waals surface area contributed by atoms with Gasteiger partial charge in [-0.2, -0.15) is 10.2 Å². The van der Waals surface area contributed by atoms with Gasteiger partial charge >= 0.3 is 60.3 Å². The van der Waals surface area contributed by atoms with Crippen LogP contribution >= 0.6 is 0 Å². The topological polar surface area (TPSA) is 285 Å². The standard InChI is InChI=1S/2C17H13N3O6S.Ba/c2*1-10-8-11(6-7-14(10)20(22)23)18-19-17-13-5-3-2-4-12(13)16(9-15(17)21)27(24,25)26;/h2*2-9H,1H3,(H2-,18,21,22,23,24,25,26);/q;;+2. The Morgan fingerprint density at radius 3 is 1.15 bits per heavy atom. The second-order valence-electron chi connectivity index (χ2n) is 11.4. The molecule has 6 aromatic rings. The van der Waals surface area contributed by atoms with E-state index < -0.39 is 41.5 Å². The molecule has 18 nitrogen and oxygen atoms in total. The Morgan fingerprint density at radius 1 is 0.527 bits per heavy atom. The van der Waals surface area contributed by atoms with Gasteiger partial charge in [-0.3, -0.25) is 0 Å². The maximum Gasteiger partial charge on any atom is 2.00 e. The first kappa shape index (κ1) is 42.6. The Hall–Kier alpha value is -5.17. The Balaban J connectivity index is 0.000000240. The van der Waals surface area contributed by atoms with Gasteiger partial charge in [-0.1, -0.05) is 48.5 Å². The van der Waals surface area contributed by atoms with Crippen LogP contribution in [0.4, 0.5) is 34.1 Å². The number of phenols is 2.